The van der Waals surface area contributed by atoms with E-state index in [2.05, 4.69) is 38.5 Å². The van der Waals surface area contributed by atoms with Crippen LogP contribution in [-0.4, -0.2) is 58.8 Å². The van der Waals surface area contributed by atoms with E-state index in [9.17, 15) is 4.79 Å². The van der Waals surface area contributed by atoms with E-state index in [-0.39, 0.29) is 17.7 Å². The molecule has 7 nitrogen and oxygen atoms in total. The molecule has 8 heteroatoms. The van der Waals surface area contributed by atoms with Gasteiger partial charge in [0.2, 0.25) is 11.9 Å². The van der Waals surface area contributed by atoms with E-state index in [1.807, 2.05) is 30.5 Å². The number of ether oxygens (including phenoxy) is 1. The van der Waals surface area contributed by atoms with Gasteiger partial charge in [-0.15, -0.1) is 16.6 Å². The van der Waals surface area contributed by atoms with Crippen LogP contribution in [0.1, 0.15) is 12.5 Å². The van der Waals surface area contributed by atoms with E-state index >= 15 is 0 Å². The highest BCUT2D eigenvalue weighted by atomic mass is 32.2. The number of aromatic nitrogens is 3. The van der Waals surface area contributed by atoms with Gasteiger partial charge in [-0.05, 0) is 26.0 Å². The maximum atomic E-state index is 12.2. The zero-order chi connectivity index (χ0) is 19.2. The van der Waals surface area contributed by atoms with E-state index in [0.717, 1.165) is 24.7 Å². The largest absolute Gasteiger partial charge is 0.378 e. The Labute approximate surface area is 163 Å². The maximum absolute atomic E-state index is 12.2. The minimum Gasteiger partial charge on any atom is -0.378 e. The number of benzene rings is 1. The number of hydrogen-bond donors (Lipinski definition) is 1. The van der Waals surface area contributed by atoms with Crippen LogP contribution in [0.3, 0.4) is 0 Å². The number of amides is 1. The van der Waals surface area contributed by atoms with E-state index in [1.54, 1.807) is 0 Å². The summed E-state index contributed by atoms with van der Waals surface area (Å²) in [7, 11) is 0. The number of aryl methyl sites for hydroxylation is 1. The van der Waals surface area contributed by atoms with Crippen LogP contribution < -0.4 is 10.2 Å². The molecule has 0 radical (unpaired) electrons. The molecule has 1 aliphatic rings. The Hall–Kier alpha value is -2.50. The summed E-state index contributed by atoms with van der Waals surface area (Å²) in [6.07, 6.45) is 5.21. The zero-order valence-corrected chi connectivity index (χ0v) is 16.3. The summed E-state index contributed by atoms with van der Waals surface area (Å²) in [6, 6.07) is 8.18. The average Bonchev–Trinajstić information content (AvgIpc) is 3.10. The lowest BCUT2D eigenvalue weighted by Gasteiger charge is -2.28. The topological polar surface area (TPSA) is 72.3 Å². The number of nitrogens with one attached hydrogen (secondary N) is 1. The third-order valence-corrected chi connectivity index (χ3v) is 5.26. The first-order valence-electron chi connectivity index (χ1n) is 8.83. The normalized spacial score (nSPS) is 15.2. The molecule has 0 bridgehead atoms. The molecule has 1 aliphatic heterocycles. The monoisotopic (exact) mass is 385 g/mol. The quantitative estimate of drug-likeness (QED) is 0.602. The number of hydrogen-bond acceptors (Lipinski definition) is 6. The summed E-state index contributed by atoms with van der Waals surface area (Å²) in [5.74, 6) is 3.06. The SMILES string of the molecule is C#CCNC(=O)C(C)Sc1nnc(N2CCOCC2)n1-c1ccc(C)cc1. The Balaban J connectivity index is 1.91. The molecule has 1 aromatic carbocycles. The van der Waals surface area contributed by atoms with Gasteiger partial charge in [-0.1, -0.05) is 35.4 Å². The number of thioether (sulfide) groups is 1. The van der Waals surface area contributed by atoms with Gasteiger partial charge in [0.15, 0.2) is 5.16 Å². The molecular formula is C19H23N5O2S. The van der Waals surface area contributed by atoms with Crippen molar-refractivity contribution in [2.75, 3.05) is 37.7 Å². The molecule has 1 amide bonds. The summed E-state index contributed by atoms with van der Waals surface area (Å²) in [5.41, 5.74) is 2.14. The summed E-state index contributed by atoms with van der Waals surface area (Å²) >= 11 is 1.36. The van der Waals surface area contributed by atoms with E-state index in [0.29, 0.717) is 18.4 Å². The van der Waals surface area contributed by atoms with Gasteiger partial charge >= 0.3 is 0 Å². The third-order valence-electron chi connectivity index (χ3n) is 4.22. The van der Waals surface area contributed by atoms with Crippen molar-refractivity contribution in [2.24, 2.45) is 0 Å². The minimum absolute atomic E-state index is 0.121. The lowest BCUT2D eigenvalue weighted by Crippen LogP contribution is -2.38. The molecule has 1 unspecified atom stereocenters. The molecule has 1 N–H and O–H groups in total. The van der Waals surface area contributed by atoms with Crippen LogP contribution >= 0.6 is 11.8 Å². The van der Waals surface area contributed by atoms with Gasteiger partial charge in [0.05, 0.1) is 30.7 Å². The van der Waals surface area contributed by atoms with Gasteiger partial charge in [-0.3, -0.25) is 9.36 Å². The van der Waals surface area contributed by atoms with Gasteiger partial charge < -0.3 is 15.0 Å². The lowest BCUT2D eigenvalue weighted by molar-refractivity contribution is -0.120. The van der Waals surface area contributed by atoms with Crippen LogP contribution in [0.5, 0.6) is 0 Å². The molecule has 27 heavy (non-hydrogen) atoms. The number of morpholine rings is 1. The number of carbonyl (C=O) groups excluding carboxylic acids is 1. The predicted molar refractivity (Wildman–Crippen MR) is 106 cm³/mol. The fourth-order valence-corrected chi connectivity index (χ4v) is 3.61. The fraction of sp³-hybridized carbons (Fsp3) is 0.421. The predicted octanol–water partition coefficient (Wildman–Crippen LogP) is 1.64. The van der Waals surface area contributed by atoms with Crippen LogP contribution in [-0.2, 0) is 9.53 Å². The first-order valence-corrected chi connectivity index (χ1v) is 9.71. The lowest BCUT2D eigenvalue weighted by atomic mass is 10.2. The number of nitrogens with zero attached hydrogens (tertiary/aromatic N) is 4. The molecule has 0 saturated carbocycles. The Morgan fingerprint density at radius 1 is 1.33 bits per heavy atom. The van der Waals surface area contributed by atoms with Gasteiger partial charge in [-0.25, -0.2) is 0 Å². The molecule has 1 aromatic heterocycles. The molecular weight excluding hydrogens is 362 g/mol. The van der Waals surface area contributed by atoms with Gasteiger partial charge in [-0.2, -0.15) is 0 Å². The number of rotatable bonds is 6. The second-order valence-corrected chi connectivity index (χ2v) is 7.54. The third kappa shape index (κ3) is 4.62. The Bertz CT molecular complexity index is 822. The molecule has 142 valence electrons. The summed E-state index contributed by atoms with van der Waals surface area (Å²) in [4.78, 5) is 14.4. The van der Waals surface area contributed by atoms with Gasteiger partial charge in [0.25, 0.3) is 0 Å². The molecule has 1 atom stereocenters. The zero-order valence-electron chi connectivity index (χ0n) is 15.5. The van der Waals surface area contributed by atoms with Crippen molar-refractivity contribution in [1.82, 2.24) is 20.1 Å². The molecule has 1 saturated heterocycles. The van der Waals surface area contributed by atoms with E-state index in [4.69, 9.17) is 11.2 Å². The second kappa shape index (κ2) is 8.93. The van der Waals surface area contributed by atoms with Crippen molar-refractivity contribution in [3.63, 3.8) is 0 Å². The van der Waals surface area contributed by atoms with Crippen molar-refractivity contribution >= 4 is 23.6 Å². The van der Waals surface area contributed by atoms with Crippen molar-refractivity contribution in [1.29, 1.82) is 0 Å². The summed E-state index contributed by atoms with van der Waals surface area (Å²) < 4.78 is 7.45. The molecule has 0 aliphatic carbocycles. The number of terminal acetylenes is 1. The first kappa shape index (κ1) is 19.3. The smallest absolute Gasteiger partial charge is 0.234 e. The molecule has 1 fully saturated rings. The Morgan fingerprint density at radius 3 is 2.70 bits per heavy atom. The summed E-state index contributed by atoms with van der Waals surface area (Å²) in [5, 5.41) is 11.8. The highest BCUT2D eigenvalue weighted by Gasteiger charge is 2.24. The van der Waals surface area contributed by atoms with Crippen LogP contribution in [0, 0.1) is 19.3 Å². The number of carbonyl (C=O) groups is 1. The highest BCUT2D eigenvalue weighted by molar-refractivity contribution is 8.00. The van der Waals surface area contributed by atoms with E-state index in [1.165, 1.54) is 17.3 Å². The average molecular weight is 385 g/mol. The van der Waals surface area contributed by atoms with Gasteiger partial charge in [0.1, 0.15) is 0 Å². The highest BCUT2D eigenvalue weighted by Crippen LogP contribution is 2.29. The Kier molecular flexibility index (Phi) is 6.37. The van der Waals surface area contributed by atoms with Crippen LogP contribution in [0.15, 0.2) is 29.4 Å². The van der Waals surface area contributed by atoms with Gasteiger partial charge in [0, 0.05) is 13.1 Å². The van der Waals surface area contributed by atoms with Crippen molar-refractivity contribution < 1.29 is 9.53 Å². The summed E-state index contributed by atoms with van der Waals surface area (Å²) in [6.45, 7) is 6.93. The molecule has 2 heterocycles. The molecule has 3 rings (SSSR count). The standard InChI is InChI=1S/C19H23N5O2S/c1-4-9-20-17(25)15(3)27-19-22-21-18(23-10-12-26-13-11-23)24(19)16-7-5-14(2)6-8-16/h1,5-8,15H,9-13H2,2-3H3,(H,20,25). The first-order chi connectivity index (χ1) is 13.1. The van der Waals surface area contributed by atoms with Crippen LogP contribution in [0.25, 0.3) is 5.69 Å². The molecule has 2 aromatic rings. The van der Waals surface area contributed by atoms with Crippen LogP contribution in [0.2, 0.25) is 0 Å². The minimum atomic E-state index is -0.343. The van der Waals surface area contributed by atoms with Crippen molar-refractivity contribution in [3.8, 4) is 18.0 Å². The fourth-order valence-electron chi connectivity index (χ4n) is 2.72. The second-order valence-electron chi connectivity index (χ2n) is 6.23. The number of anilines is 1. The molecule has 0 spiro atoms. The van der Waals surface area contributed by atoms with Crippen LogP contribution in [0.4, 0.5) is 5.95 Å². The Morgan fingerprint density at radius 2 is 2.04 bits per heavy atom. The maximum Gasteiger partial charge on any atom is 0.234 e. The van der Waals surface area contributed by atoms with E-state index < -0.39 is 0 Å². The van der Waals surface area contributed by atoms with Crippen molar-refractivity contribution in [2.45, 2.75) is 24.3 Å². The van der Waals surface area contributed by atoms with Crippen molar-refractivity contribution in [3.05, 3.63) is 29.8 Å².